The van der Waals surface area contributed by atoms with Crippen LogP contribution < -0.4 is 10.1 Å². The Morgan fingerprint density at radius 3 is 2.80 bits per heavy atom. The number of hydrogen-bond acceptors (Lipinski definition) is 3. The summed E-state index contributed by atoms with van der Waals surface area (Å²) in [7, 11) is 0. The number of aromatic nitrogens is 2. The van der Waals surface area contributed by atoms with Crippen molar-refractivity contribution in [3.8, 4) is 5.75 Å². The van der Waals surface area contributed by atoms with Gasteiger partial charge in [0, 0.05) is 12.3 Å². The van der Waals surface area contributed by atoms with Gasteiger partial charge in [-0.2, -0.15) is 5.10 Å². The molecule has 5 nitrogen and oxygen atoms in total. The molecule has 8 heteroatoms. The number of hydrogen-bond donors (Lipinski definition) is 1. The Labute approximate surface area is 146 Å². The predicted molar refractivity (Wildman–Crippen MR) is 88.6 cm³/mol. The lowest BCUT2D eigenvalue weighted by atomic mass is 10.3. The van der Waals surface area contributed by atoms with Gasteiger partial charge in [0.25, 0.3) is 5.91 Å². The zero-order chi connectivity index (χ0) is 17.8. The van der Waals surface area contributed by atoms with E-state index < -0.39 is 17.5 Å². The second-order valence-corrected chi connectivity index (χ2v) is 5.43. The third-order valence-corrected chi connectivity index (χ3v) is 3.55. The van der Waals surface area contributed by atoms with Crippen molar-refractivity contribution >= 4 is 23.2 Å². The third kappa shape index (κ3) is 4.13. The zero-order valence-corrected chi connectivity index (χ0v) is 13.5. The first-order valence-corrected chi connectivity index (χ1v) is 7.58. The van der Waals surface area contributed by atoms with Gasteiger partial charge in [-0.1, -0.05) is 23.7 Å². The van der Waals surface area contributed by atoms with Crippen molar-refractivity contribution in [2.75, 3.05) is 5.32 Å². The molecule has 0 aliphatic heterocycles. The Hall–Kier alpha value is -2.93. The summed E-state index contributed by atoms with van der Waals surface area (Å²) in [6.45, 7) is 0.0331. The van der Waals surface area contributed by atoms with Gasteiger partial charge in [0.05, 0.1) is 10.7 Å². The molecule has 0 aliphatic rings. The first-order valence-electron chi connectivity index (χ1n) is 7.20. The standard InChI is InChI=1S/C17H12ClF2N3O2/c18-12-3-1-2-4-16(12)25-10-23-8-7-14(22-23)17(24)21-15-9-11(19)5-6-13(15)20/h1-9H,10H2,(H,21,24). The fraction of sp³-hybridized carbons (Fsp3) is 0.0588. The first-order chi connectivity index (χ1) is 12.0. The Morgan fingerprint density at radius 2 is 2.00 bits per heavy atom. The molecule has 0 unspecified atom stereocenters. The van der Waals surface area contributed by atoms with Gasteiger partial charge in [-0.15, -0.1) is 0 Å². The highest BCUT2D eigenvalue weighted by atomic mass is 35.5. The summed E-state index contributed by atoms with van der Waals surface area (Å²) >= 11 is 5.98. The van der Waals surface area contributed by atoms with Crippen LogP contribution in [0.5, 0.6) is 5.75 Å². The van der Waals surface area contributed by atoms with E-state index in [9.17, 15) is 13.6 Å². The van der Waals surface area contributed by atoms with Gasteiger partial charge < -0.3 is 10.1 Å². The van der Waals surface area contributed by atoms with Crippen molar-refractivity contribution in [2.24, 2.45) is 0 Å². The van der Waals surface area contributed by atoms with Crippen molar-refractivity contribution < 1.29 is 18.3 Å². The van der Waals surface area contributed by atoms with Crippen molar-refractivity contribution in [3.63, 3.8) is 0 Å². The predicted octanol–water partition coefficient (Wildman–Crippen LogP) is 4.10. The van der Waals surface area contributed by atoms with Gasteiger partial charge in [0.2, 0.25) is 0 Å². The maximum absolute atomic E-state index is 13.6. The molecule has 1 amide bonds. The maximum atomic E-state index is 13.6. The van der Waals surface area contributed by atoms with E-state index in [1.165, 1.54) is 16.9 Å². The molecule has 1 N–H and O–H groups in total. The zero-order valence-electron chi connectivity index (χ0n) is 12.7. The van der Waals surface area contributed by atoms with Crippen molar-refractivity contribution in [3.05, 3.63) is 77.1 Å². The molecule has 0 bridgehead atoms. The number of benzene rings is 2. The molecule has 1 heterocycles. The third-order valence-electron chi connectivity index (χ3n) is 3.24. The minimum Gasteiger partial charge on any atom is -0.470 e. The molecule has 0 aliphatic carbocycles. The van der Waals surface area contributed by atoms with Crippen LogP contribution in [0.2, 0.25) is 5.02 Å². The van der Waals surface area contributed by atoms with E-state index in [1.54, 1.807) is 24.3 Å². The van der Waals surface area contributed by atoms with Gasteiger partial charge in [0.15, 0.2) is 12.4 Å². The number of carbonyl (C=O) groups is 1. The number of para-hydroxylation sites is 1. The van der Waals surface area contributed by atoms with E-state index >= 15 is 0 Å². The summed E-state index contributed by atoms with van der Waals surface area (Å²) in [4.78, 5) is 12.1. The van der Waals surface area contributed by atoms with Crippen molar-refractivity contribution in [2.45, 2.75) is 6.73 Å². The van der Waals surface area contributed by atoms with Crippen LogP contribution in [0, 0.1) is 11.6 Å². The highest BCUT2D eigenvalue weighted by molar-refractivity contribution is 6.32. The highest BCUT2D eigenvalue weighted by Gasteiger charge is 2.13. The van der Waals surface area contributed by atoms with E-state index in [-0.39, 0.29) is 18.1 Å². The minimum absolute atomic E-state index is 0.0331. The van der Waals surface area contributed by atoms with Crippen LogP contribution in [0.4, 0.5) is 14.5 Å². The smallest absolute Gasteiger partial charge is 0.276 e. The molecule has 0 radical (unpaired) electrons. The number of nitrogens with zero attached hydrogens (tertiary/aromatic N) is 2. The molecule has 128 valence electrons. The van der Waals surface area contributed by atoms with Crippen LogP contribution >= 0.6 is 11.6 Å². The van der Waals surface area contributed by atoms with E-state index in [0.29, 0.717) is 10.8 Å². The van der Waals surface area contributed by atoms with Crippen LogP contribution in [0.1, 0.15) is 10.5 Å². The largest absolute Gasteiger partial charge is 0.470 e. The fourth-order valence-electron chi connectivity index (χ4n) is 2.03. The highest BCUT2D eigenvalue weighted by Crippen LogP contribution is 2.23. The lowest BCUT2D eigenvalue weighted by molar-refractivity contribution is 0.101. The van der Waals surface area contributed by atoms with E-state index in [4.69, 9.17) is 16.3 Å². The number of nitrogens with one attached hydrogen (secondary N) is 1. The van der Waals surface area contributed by atoms with Crippen LogP contribution in [0.25, 0.3) is 0 Å². The SMILES string of the molecule is O=C(Nc1cc(F)ccc1F)c1ccn(COc2ccccc2Cl)n1. The average Bonchev–Trinajstić information content (AvgIpc) is 3.06. The van der Waals surface area contributed by atoms with E-state index in [1.807, 2.05) is 0 Å². The number of anilines is 1. The summed E-state index contributed by atoms with van der Waals surface area (Å²) < 4.78 is 33.6. The summed E-state index contributed by atoms with van der Waals surface area (Å²) in [5.74, 6) is -1.58. The lowest BCUT2D eigenvalue weighted by Gasteiger charge is -2.07. The minimum atomic E-state index is -0.740. The van der Waals surface area contributed by atoms with Crippen LogP contribution in [0.3, 0.4) is 0 Å². The fourth-order valence-corrected chi connectivity index (χ4v) is 2.22. The molecule has 0 fully saturated rings. The molecular weight excluding hydrogens is 352 g/mol. The molecule has 2 aromatic carbocycles. The molecule has 0 saturated carbocycles. The molecule has 3 aromatic rings. The number of ether oxygens (including phenoxy) is 1. The monoisotopic (exact) mass is 363 g/mol. The molecule has 0 atom stereocenters. The number of amides is 1. The normalized spacial score (nSPS) is 10.5. The first kappa shape index (κ1) is 16.9. The molecule has 1 aromatic heterocycles. The number of rotatable bonds is 5. The molecule has 0 spiro atoms. The van der Waals surface area contributed by atoms with Gasteiger partial charge in [-0.3, -0.25) is 4.79 Å². The Balaban J connectivity index is 1.65. The summed E-state index contributed by atoms with van der Waals surface area (Å²) in [5.41, 5.74) is -0.224. The molecular formula is C17H12ClF2N3O2. The lowest BCUT2D eigenvalue weighted by Crippen LogP contribution is -2.15. The van der Waals surface area contributed by atoms with Gasteiger partial charge in [-0.05, 0) is 30.3 Å². The Kier molecular flexibility index (Phi) is 4.95. The maximum Gasteiger partial charge on any atom is 0.276 e. The Morgan fingerprint density at radius 1 is 1.20 bits per heavy atom. The molecule has 25 heavy (non-hydrogen) atoms. The van der Waals surface area contributed by atoms with Crippen molar-refractivity contribution in [1.82, 2.24) is 9.78 Å². The van der Waals surface area contributed by atoms with Crippen LogP contribution in [0.15, 0.2) is 54.7 Å². The number of halogens is 3. The van der Waals surface area contributed by atoms with Crippen molar-refractivity contribution in [1.29, 1.82) is 0 Å². The van der Waals surface area contributed by atoms with Gasteiger partial charge >= 0.3 is 0 Å². The molecule has 0 saturated heterocycles. The summed E-state index contributed by atoms with van der Waals surface area (Å²) in [6, 6.07) is 11.2. The second-order valence-electron chi connectivity index (χ2n) is 5.02. The topological polar surface area (TPSA) is 56.2 Å². The average molecular weight is 364 g/mol. The molecule has 3 rings (SSSR count). The van der Waals surface area contributed by atoms with E-state index in [0.717, 1.165) is 18.2 Å². The van der Waals surface area contributed by atoms with Crippen LogP contribution in [-0.2, 0) is 6.73 Å². The van der Waals surface area contributed by atoms with Gasteiger partial charge in [-0.25, -0.2) is 13.5 Å². The van der Waals surface area contributed by atoms with Crippen LogP contribution in [-0.4, -0.2) is 15.7 Å². The van der Waals surface area contributed by atoms with Gasteiger partial charge in [0.1, 0.15) is 17.4 Å². The Bertz CT molecular complexity index is 914. The second kappa shape index (κ2) is 7.31. The van der Waals surface area contributed by atoms with E-state index in [2.05, 4.69) is 10.4 Å². The number of carbonyl (C=O) groups excluding carboxylic acids is 1. The quantitative estimate of drug-likeness (QED) is 0.742. The summed E-state index contributed by atoms with van der Waals surface area (Å²) in [6.07, 6.45) is 1.52. The summed E-state index contributed by atoms with van der Waals surface area (Å²) in [5, 5.41) is 6.75.